The van der Waals surface area contributed by atoms with Crippen LogP contribution in [0.25, 0.3) is 22.5 Å². The maximum absolute atomic E-state index is 11.6. The molecule has 1 saturated carbocycles. The molecule has 5 rings (SSSR count). The summed E-state index contributed by atoms with van der Waals surface area (Å²) in [6.07, 6.45) is 9.23. The highest BCUT2D eigenvalue weighted by Crippen LogP contribution is 2.51. The Hall–Kier alpha value is -4.01. The van der Waals surface area contributed by atoms with Crippen LogP contribution < -0.4 is 11.1 Å². The summed E-state index contributed by atoms with van der Waals surface area (Å²) in [4.78, 5) is 19.8. The van der Waals surface area contributed by atoms with Gasteiger partial charge >= 0.3 is 0 Å². The Bertz CT molecular complexity index is 1270. The maximum Gasteiger partial charge on any atom is 0.241 e. The molecule has 1 aliphatic rings. The van der Waals surface area contributed by atoms with Crippen LogP contribution >= 0.6 is 0 Å². The topological polar surface area (TPSA) is 125 Å². The predicted octanol–water partition coefficient (Wildman–Crippen LogP) is 3.04. The van der Waals surface area contributed by atoms with Gasteiger partial charge < -0.3 is 15.6 Å². The van der Waals surface area contributed by atoms with E-state index in [-0.39, 0.29) is 23.8 Å². The number of benzene rings is 1. The number of nitrogens with one attached hydrogen (secondary N) is 1. The normalized spacial score (nSPS) is 15.2. The highest BCUT2D eigenvalue weighted by molar-refractivity contribution is 5.75. The van der Waals surface area contributed by atoms with Gasteiger partial charge in [0.2, 0.25) is 11.9 Å². The molecule has 168 valence electrons. The first-order chi connectivity index (χ1) is 16.0. The van der Waals surface area contributed by atoms with E-state index in [1.807, 2.05) is 6.07 Å². The summed E-state index contributed by atoms with van der Waals surface area (Å²) in [7, 11) is 1.60. The number of likely N-dealkylation sites (N-methyl/N-ethyl adjacent to an activating group) is 1. The molecule has 1 atom stereocenters. The molecule has 1 unspecified atom stereocenters. The number of rotatable bonds is 7. The smallest absolute Gasteiger partial charge is 0.241 e. The predicted molar refractivity (Wildman–Crippen MR) is 123 cm³/mol. The van der Waals surface area contributed by atoms with Crippen LogP contribution in [-0.2, 0) is 16.8 Å². The van der Waals surface area contributed by atoms with Crippen molar-refractivity contribution in [3.63, 3.8) is 0 Å². The Morgan fingerprint density at radius 1 is 1.15 bits per heavy atom. The van der Waals surface area contributed by atoms with E-state index in [0.717, 1.165) is 35.2 Å². The molecule has 0 radical (unpaired) electrons. The van der Waals surface area contributed by atoms with Crippen molar-refractivity contribution in [3.8, 4) is 22.5 Å². The first kappa shape index (κ1) is 20.9. The molecule has 0 saturated heterocycles. The second-order valence-corrected chi connectivity index (χ2v) is 8.56. The van der Waals surface area contributed by atoms with Crippen molar-refractivity contribution in [2.45, 2.75) is 31.7 Å². The number of carbonyl (C=O) groups is 1. The summed E-state index contributed by atoms with van der Waals surface area (Å²) in [6.45, 7) is 2.38. The number of aromatic nitrogens is 5. The number of hydrogen-bond acceptors (Lipinski definition) is 7. The van der Waals surface area contributed by atoms with Crippen LogP contribution in [0.15, 0.2) is 59.6 Å². The van der Waals surface area contributed by atoms with Gasteiger partial charge in [-0.05, 0) is 36.8 Å². The van der Waals surface area contributed by atoms with Crippen molar-refractivity contribution in [2.75, 3.05) is 12.8 Å². The number of nitrogens with zero attached hydrogens (tertiary/aromatic N) is 5. The molecule has 0 spiro atoms. The zero-order valence-electron chi connectivity index (χ0n) is 18.5. The number of anilines is 1. The van der Waals surface area contributed by atoms with Crippen LogP contribution in [0.1, 0.15) is 31.0 Å². The minimum Gasteiger partial charge on any atom is -0.368 e. The number of amides is 1. The van der Waals surface area contributed by atoms with Crippen molar-refractivity contribution < 1.29 is 9.32 Å². The van der Waals surface area contributed by atoms with Gasteiger partial charge in [0.05, 0.1) is 17.5 Å². The highest BCUT2D eigenvalue weighted by Gasteiger charge is 2.46. The molecule has 9 nitrogen and oxygen atoms in total. The molecule has 3 heterocycles. The van der Waals surface area contributed by atoms with Gasteiger partial charge in [-0.2, -0.15) is 5.10 Å². The molecule has 1 fully saturated rings. The van der Waals surface area contributed by atoms with E-state index in [9.17, 15) is 4.79 Å². The average molecular weight is 444 g/mol. The lowest BCUT2D eigenvalue weighted by Gasteiger charge is -2.28. The fourth-order valence-corrected chi connectivity index (χ4v) is 4.21. The van der Waals surface area contributed by atoms with E-state index in [2.05, 4.69) is 56.7 Å². The van der Waals surface area contributed by atoms with Gasteiger partial charge in [0.1, 0.15) is 6.54 Å². The monoisotopic (exact) mass is 443 g/mol. The largest absolute Gasteiger partial charge is 0.368 e. The zero-order chi connectivity index (χ0) is 23.0. The van der Waals surface area contributed by atoms with Crippen molar-refractivity contribution in [1.29, 1.82) is 0 Å². The van der Waals surface area contributed by atoms with Crippen molar-refractivity contribution >= 4 is 11.9 Å². The Balaban J connectivity index is 1.43. The average Bonchev–Trinajstić information content (AvgIpc) is 3.40. The van der Waals surface area contributed by atoms with Crippen LogP contribution in [0.2, 0.25) is 0 Å². The first-order valence-corrected chi connectivity index (χ1v) is 10.9. The fourth-order valence-electron chi connectivity index (χ4n) is 4.21. The summed E-state index contributed by atoms with van der Waals surface area (Å²) in [6, 6.07) is 10.4. The molecular formula is C24H25N7O2. The third-order valence-corrected chi connectivity index (χ3v) is 6.43. The molecule has 9 heteroatoms. The van der Waals surface area contributed by atoms with E-state index < -0.39 is 0 Å². The van der Waals surface area contributed by atoms with Crippen LogP contribution in [-0.4, -0.2) is 37.9 Å². The minimum atomic E-state index is -0.268. The molecule has 33 heavy (non-hydrogen) atoms. The number of carbonyl (C=O) groups excluding carboxylic acids is 1. The Labute approximate surface area is 191 Å². The van der Waals surface area contributed by atoms with E-state index >= 15 is 0 Å². The maximum atomic E-state index is 11.6. The SMILES string of the molecule is CNC(=O)Cn1cc(-c2cc(C(C)(c3ccc(-c4cnc(N)nc4)cc3)C3CC3)no2)cn1. The zero-order valence-corrected chi connectivity index (χ0v) is 18.5. The van der Waals surface area contributed by atoms with Crippen LogP contribution in [0.4, 0.5) is 5.95 Å². The van der Waals surface area contributed by atoms with Crippen LogP contribution in [0.3, 0.4) is 0 Å². The molecular weight excluding hydrogens is 418 g/mol. The molecule has 0 aliphatic heterocycles. The summed E-state index contributed by atoms with van der Waals surface area (Å²) < 4.78 is 7.29. The number of nitrogen functional groups attached to an aromatic ring is 1. The number of nitrogens with two attached hydrogens (primary N) is 1. The summed E-state index contributed by atoms with van der Waals surface area (Å²) in [5.41, 5.74) is 10.1. The third kappa shape index (κ3) is 3.97. The van der Waals surface area contributed by atoms with Gasteiger partial charge in [0.15, 0.2) is 5.76 Å². The van der Waals surface area contributed by atoms with Gasteiger partial charge in [-0.25, -0.2) is 9.97 Å². The van der Waals surface area contributed by atoms with E-state index in [4.69, 9.17) is 10.3 Å². The van der Waals surface area contributed by atoms with Crippen molar-refractivity contribution in [1.82, 2.24) is 30.2 Å². The first-order valence-electron chi connectivity index (χ1n) is 10.9. The van der Waals surface area contributed by atoms with E-state index in [1.165, 1.54) is 5.56 Å². The van der Waals surface area contributed by atoms with Gasteiger partial charge in [0.25, 0.3) is 0 Å². The molecule has 1 aliphatic carbocycles. The lowest BCUT2D eigenvalue weighted by molar-refractivity contribution is -0.121. The molecule has 1 amide bonds. The summed E-state index contributed by atoms with van der Waals surface area (Å²) in [5, 5.41) is 11.3. The molecule has 1 aromatic carbocycles. The molecule has 4 aromatic rings. The highest BCUT2D eigenvalue weighted by atomic mass is 16.5. The van der Waals surface area contributed by atoms with Gasteiger partial charge in [-0.3, -0.25) is 9.48 Å². The lowest BCUT2D eigenvalue weighted by Crippen LogP contribution is -2.26. The Morgan fingerprint density at radius 2 is 1.88 bits per heavy atom. The second-order valence-electron chi connectivity index (χ2n) is 8.56. The summed E-state index contributed by atoms with van der Waals surface area (Å²) in [5.74, 6) is 1.28. The minimum absolute atomic E-state index is 0.113. The molecule has 3 N–H and O–H groups in total. The fraction of sp³-hybridized carbons (Fsp3) is 0.292. The standard InChI is InChI=1S/C24H25N7O2/c1-24(19-7-8-19,18-5-3-15(4-6-18)16-10-27-23(25)28-11-16)21-9-20(33-30-21)17-12-29-31(13-17)14-22(32)26-2/h3-6,9-13,19H,7-8,14H2,1-2H3,(H,26,32)(H2,25,27,28). The van der Waals surface area contributed by atoms with Gasteiger partial charge in [0, 0.05) is 42.7 Å². The van der Waals surface area contributed by atoms with E-state index in [1.54, 1.807) is 36.5 Å². The Morgan fingerprint density at radius 3 is 2.55 bits per heavy atom. The Kier molecular flexibility index (Phi) is 5.16. The van der Waals surface area contributed by atoms with Crippen LogP contribution in [0.5, 0.6) is 0 Å². The van der Waals surface area contributed by atoms with Crippen molar-refractivity contribution in [2.24, 2.45) is 5.92 Å². The van der Waals surface area contributed by atoms with Gasteiger partial charge in [-0.1, -0.05) is 29.4 Å². The third-order valence-electron chi connectivity index (χ3n) is 6.43. The lowest BCUT2D eigenvalue weighted by atomic mass is 9.74. The van der Waals surface area contributed by atoms with Crippen LogP contribution in [0, 0.1) is 5.92 Å². The van der Waals surface area contributed by atoms with Gasteiger partial charge in [-0.15, -0.1) is 0 Å². The molecule has 0 bridgehead atoms. The second kappa shape index (κ2) is 8.16. The molecule has 3 aromatic heterocycles. The summed E-state index contributed by atoms with van der Waals surface area (Å²) >= 11 is 0. The van der Waals surface area contributed by atoms with Crippen molar-refractivity contribution in [3.05, 3.63) is 66.4 Å². The quantitative estimate of drug-likeness (QED) is 0.450. The van der Waals surface area contributed by atoms with E-state index in [0.29, 0.717) is 11.7 Å². The number of hydrogen-bond donors (Lipinski definition) is 2.